The molecule has 0 saturated heterocycles. The Labute approximate surface area is 103 Å². The monoisotopic (exact) mass is 232 g/mol. The van der Waals surface area contributed by atoms with E-state index in [0.717, 1.165) is 12.6 Å². The summed E-state index contributed by atoms with van der Waals surface area (Å²) in [5.74, 6) is -0.360. The van der Waals surface area contributed by atoms with E-state index in [0.29, 0.717) is 5.56 Å². The van der Waals surface area contributed by atoms with Gasteiger partial charge in [-0.3, -0.25) is 9.69 Å². The molecule has 92 valence electrons. The molecule has 1 amide bonds. The van der Waals surface area contributed by atoms with Gasteiger partial charge in [-0.2, -0.15) is 0 Å². The van der Waals surface area contributed by atoms with Crippen LogP contribution in [0.2, 0.25) is 0 Å². The van der Waals surface area contributed by atoms with E-state index in [-0.39, 0.29) is 5.91 Å². The first-order chi connectivity index (χ1) is 8.16. The third-order valence-electron chi connectivity index (χ3n) is 3.62. The molecule has 2 rings (SSSR count). The van der Waals surface area contributed by atoms with Crippen LogP contribution in [0.25, 0.3) is 0 Å². The van der Waals surface area contributed by atoms with E-state index in [4.69, 9.17) is 5.73 Å². The van der Waals surface area contributed by atoms with Gasteiger partial charge >= 0.3 is 0 Å². The average molecular weight is 232 g/mol. The minimum Gasteiger partial charge on any atom is -0.366 e. The number of amides is 1. The van der Waals surface area contributed by atoms with Crippen LogP contribution in [-0.2, 0) is 6.54 Å². The molecule has 0 bridgehead atoms. The number of nitrogens with two attached hydrogens (primary N) is 1. The number of hydrogen-bond acceptors (Lipinski definition) is 2. The Bertz CT molecular complexity index is 380. The SMILES string of the molecule is CN(Cc1ccc(C(N)=O)cc1)C1CCCC1. The molecular formula is C14H20N2O. The lowest BCUT2D eigenvalue weighted by atomic mass is 10.1. The van der Waals surface area contributed by atoms with E-state index in [9.17, 15) is 4.79 Å². The van der Waals surface area contributed by atoms with Crippen molar-refractivity contribution < 1.29 is 4.79 Å². The summed E-state index contributed by atoms with van der Waals surface area (Å²) < 4.78 is 0. The van der Waals surface area contributed by atoms with E-state index < -0.39 is 0 Å². The zero-order valence-electron chi connectivity index (χ0n) is 10.4. The maximum Gasteiger partial charge on any atom is 0.248 e. The first-order valence-corrected chi connectivity index (χ1v) is 6.26. The van der Waals surface area contributed by atoms with Crippen LogP contribution in [0.15, 0.2) is 24.3 Å². The van der Waals surface area contributed by atoms with Crippen LogP contribution in [-0.4, -0.2) is 23.9 Å². The summed E-state index contributed by atoms with van der Waals surface area (Å²) in [6.07, 6.45) is 5.34. The quantitative estimate of drug-likeness (QED) is 0.864. The molecule has 0 radical (unpaired) electrons. The largest absolute Gasteiger partial charge is 0.366 e. The molecule has 1 saturated carbocycles. The lowest BCUT2D eigenvalue weighted by Crippen LogP contribution is -2.28. The fourth-order valence-corrected chi connectivity index (χ4v) is 2.54. The normalized spacial score (nSPS) is 16.6. The van der Waals surface area contributed by atoms with E-state index in [1.165, 1.54) is 31.2 Å². The fourth-order valence-electron chi connectivity index (χ4n) is 2.54. The second-order valence-corrected chi connectivity index (χ2v) is 4.91. The van der Waals surface area contributed by atoms with Gasteiger partial charge in [-0.25, -0.2) is 0 Å². The average Bonchev–Trinajstić information content (AvgIpc) is 2.83. The summed E-state index contributed by atoms with van der Waals surface area (Å²) in [6.45, 7) is 0.948. The zero-order valence-corrected chi connectivity index (χ0v) is 10.4. The lowest BCUT2D eigenvalue weighted by Gasteiger charge is -2.24. The van der Waals surface area contributed by atoms with Gasteiger partial charge in [0.25, 0.3) is 0 Å². The standard InChI is InChI=1S/C14H20N2O/c1-16(13-4-2-3-5-13)10-11-6-8-12(9-7-11)14(15)17/h6-9,13H,2-5,10H2,1H3,(H2,15,17). The molecule has 3 nitrogen and oxygen atoms in total. The molecule has 0 aromatic heterocycles. The van der Waals surface area contributed by atoms with Crippen LogP contribution in [0.3, 0.4) is 0 Å². The van der Waals surface area contributed by atoms with E-state index in [2.05, 4.69) is 11.9 Å². The van der Waals surface area contributed by atoms with Gasteiger partial charge in [-0.05, 0) is 37.6 Å². The lowest BCUT2D eigenvalue weighted by molar-refractivity contribution is 0.100. The predicted molar refractivity (Wildman–Crippen MR) is 68.7 cm³/mol. The van der Waals surface area contributed by atoms with Crippen LogP contribution in [0, 0.1) is 0 Å². The topological polar surface area (TPSA) is 46.3 Å². The minimum atomic E-state index is -0.360. The highest BCUT2D eigenvalue weighted by Crippen LogP contribution is 2.23. The molecule has 1 fully saturated rings. The van der Waals surface area contributed by atoms with Crippen molar-refractivity contribution in [2.45, 2.75) is 38.3 Å². The Morgan fingerprint density at radius 1 is 1.29 bits per heavy atom. The van der Waals surface area contributed by atoms with Gasteiger partial charge in [0.1, 0.15) is 0 Å². The maximum absolute atomic E-state index is 11.0. The maximum atomic E-state index is 11.0. The van der Waals surface area contributed by atoms with E-state index in [1.807, 2.05) is 12.1 Å². The Morgan fingerprint density at radius 3 is 2.41 bits per heavy atom. The van der Waals surface area contributed by atoms with Crippen molar-refractivity contribution >= 4 is 5.91 Å². The molecule has 0 heterocycles. The highest BCUT2D eigenvalue weighted by Gasteiger charge is 2.19. The van der Waals surface area contributed by atoms with Gasteiger partial charge in [0, 0.05) is 18.2 Å². The second-order valence-electron chi connectivity index (χ2n) is 4.91. The summed E-state index contributed by atoms with van der Waals surface area (Å²) in [4.78, 5) is 13.4. The fraction of sp³-hybridized carbons (Fsp3) is 0.500. The first kappa shape index (κ1) is 12.1. The molecule has 0 aliphatic heterocycles. The highest BCUT2D eigenvalue weighted by molar-refractivity contribution is 5.92. The Morgan fingerprint density at radius 2 is 1.88 bits per heavy atom. The third-order valence-corrected chi connectivity index (χ3v) is 3.62. The molecule has 1 aromatic rings. The molecule has 2 N–H and O–H groups in total. The Hall–Kier alpha value is -1.35. The van der Waals surface area contributed by atoms with Crippen LogP contribution < -0.4 is 5.73 Å². The molecule has 1 aromatic carbocycles. The summed E-state index contributed by atoms with van der Waals surface area (Å²) in [5.41, 5.74) is 7.04. The Kier molecular flexibility index (Phi) is 3.79. The van der Waals surface area contributed by atoms with Crippen LogP contribution in [0.1, 0.15) is 41.6 Å². The minimum absolute atomic E-state index is 0.360. The van der Waals surface area contributed by atoms with Gasteiger partial charge < -0.3 is 5.73 Å². The number of benzene rings is 1. The van der Waals surface area contributed by atoms with Gasteiger partial charge in [0.05, 0.1) is 0 Å². The molecule has 1 aliphatic rings. The third kappa shape index (κ3) is 3.07. The summed E-state index contributed by atoms with van der Waals surface area (Å²) in [7, 11) is 2.18. The van der Waals surface area contributed by atoms with Gasteiger partial charge in [-0.1, -0.05) is 25.0 Å². The smallest absolute Gasteiger partial charge is 0.248 e. The zero-order chi connectivity index (χ0) is 12.3. The predicted octanol–water partition coefficient (Wildman–Crippen LogP) is 2.16. The van der Waals surface area contributed by atoms with Crippen molar-refractivity contribution in [3.05, 3.63) is 35.4 Å². The molecule has 1 aliphatic carbocycles. The van der Waals surface area contributed by atoms with Crippen molar-refractivity contribution in [2.24, 2.45) is 5.73 Å². The molecule has 0 atom stereocenters. The number of rotatable bonds is 4. The summed E-state index contributed by atoms with van der Waals surface area (Å²) >= 11 is 0. The van der Waals surface area contributed by atoms with Gasteiger partial charge in [0.15, 0.2) is 0 Å². The van der Waals surface area contributed by atoms with E-state index >= 15 is 0 Å². The van der Waals surface area contributed by atoms with Crippen LogP contribution in [0.5, 0.6) is 0 Å². The highest BCUT2D eigenvalue weighted by atomic mass is 16.1. The number of carbonyl (C=O) groups is 1. The molecule has 3 heteroatoms. The van der Waals surface area contributed by atoms with Crippen molar-refractivity contribution in [3.63, 3.8) is 0 Å². The van der Waals surface area contributed by atoms with Crippen molar-refractivity contribution in [1.82, 2.24) is 4.90 Å². The number of carbonyl (C=O) groups excluding carboxylic acids is 1. The number of nitrogens with zero attached hydrogens (tertiary/aromatic N) is 1. The first-order valence-electron chi connectivity index (χ1n) is 6.26. The van der Waals surface area contributed by atoms with E-state index in [1.54, 1.807) is 12.1 Å². The molecular weight excluding hydrogens is 212 g/mol. The van der Waals surface area contributed by atoms with Gasteiger partial charge in [0.2, 0.25) is 5.91 Å². The van der Waals surface area contributed by atoms with Gasteiger partial charge in [-0.15, -0.1) is 0 Å². The summed E-state index contributed by atoms with van der Waals surface area (Å²) in [6, 6.07) is 8.32. The van der Waals surface area contributed by atoms with Crippen molar-refractivity contribution in [3.8, 4) is 0 Å². The molecule has 0 spiro atoms. The van der Waals surface area contributed by atoms with Crippen molar-refractivity contribution in [2.75, 3.05) is 7.05 Å². The number of hydrogen-bond donors (Lipinski definition) is 1. The number of primary amides is 1. The van der Waals surface area contributed by atoms with Crippen LogP contribution >= 0.6 is 0 Å². The van der Waals surface area contributed by atoms with Crippen molar-refractivity contribution in [1.29, 1.82) is 0 Å². The molecule has 0 unspecified atom stereocenters. The van der Waals surface area contributed by atoms with Crippen LogP contribution in [0.4, 0.5) is 0 Å². The Balaban J connectivity index is 1.96. The summed E-state index contributed by atoms with van der Waals surface area (Å²) in [5, 5.41) is 0. The second kappa shape index (κ2) is 5.32. The molecule has 17 heavy (non-hydrogen) atoms.